The maximum Gasteiger partial charge on any atom is 1.00 e. The van der Waals surface area contributed by atoms with E-state index >= 15 is 0 Å². The molecule has 0 N–H and O–H groups in total. The van der Waals surface area contributed by atoms with Crippen LogP contribution in [0.4, 0.5) is 0 Å². The maximum atomic E-state index is 8.49. The Morgan fingerprint density at radius 3 is 1.22 bits per heavy atom. The van der Waals surface area contributed by atoms with Gasteiger partial charge in [0.25, 0.3) is 0 Å². The van der Waals surface area contributed by atoms with Gasteiger partial charge in [-0.25, -0.2) is 18.6 Å². The van der Waals surface area contributed by atoms with E-state index in [1.165, 1.54) is 6.92 Å². The third kappa shape index (κ3) is 983. The first-order valence-electron chi connectivity index (χ1n) is 1.34. The van der Waals surface area contributed by atoms with Gasteiger partial charge in [-0.2, -0.15) is 5.26 Å². The summed E-state index contributed by atoms with van der Waals surface area (Å²) in [7, 11) is -4.94. The van der Waals surface area contributed by atoms with E-state index in [1.807, 2.05) is 0 Å². The van der Waals surface area contributed by atoms with Crippen LogP contribution >= 0.6 is 0 Å². The molecule has 9 heavy (non-hydrogen) atoms. The van der Waals surface area contributed by atoms with E-state index in [0.29, 0.717) is 0 Å². The van der Waals surface area contributed by atoms with Gasteiger partial charge in [0.15, 0.2) is 0 Å². The second-order valence-corrected chi connectivity index (χ2v) is 1.36. The van der Waals surface area contributed by atoms with Gasteiger partial charge in [-0.1, -0.05) is 0 Å². The second-order valence-electron chi connectivity index (χ2n) is 0.602. The summed E-state index contributed by atoms with van der Waals surface area (Å²) in [6, 6.07) is 1.75. The SMILES string of the molecule is CC#N.[Na+].[O-][Cl+3]([O-])([O-])[O-]. The Labute approximate surface area is 76.6 Å². The standard InChI is InChI=1S/C2H3N.ClHO4.Na/c1-2-3;2-1(3,4)5;/h1H3;(H,2,3,4,5);/q;;+1/p-1. The Morgan fingerprint density at radius 1 is 1.22 bits per heavy atom. The van der Waals surface area contributed by atoms with Crippen molar-refractivity contribution in [1.29, 1.82) is 5.26 Å². The predicted molar refractivity (Wildman–Crippen MR) is 11.3 cm³/mol. The molecule has 0 radical (unpaired) electrons. The Bertz CT molecular complexity index is 79.5. The molecule has 0 amide bonds. The third-order valence-corrected chi connectivity index (χ3v) is 0. The minimum absolute atomic E-state index is 0. The van der Waals surface area contributed by atoms with Crippen LogP contribution in [-0.4, -0.2) is 0 Å². The molecule has 0 rings (SSSR count). The van der Waals surface area contributed by atoms with Gasteiger partial charge in [-0.05, 0) is 0 Å². The number of halogens is 1. The number of nitriles is 1. The van der Waals surface area contributed by atoms with Crippen molar-refractivity contribution in [2.24, 2.45) is 0 Å². The van der Waals surface area contributed by atoms with Crippen LogP contribution in [-0.2, 0) is 0 Å². The molecule has 48 valence electrons. The maximum absolute atomic E-state index is 8.49. The molecule has 0 aromatic carbocycles. The first-order chi connectivity index (χ1) is 3.41. The van der Waals surface area contributed by atoms with Crippen molar-refractivity contribution < 1.29 is 58.4 Å². The molecule has 5 nitrogen and oxygen atoms in total. The van der Waals surface area contributed by atoms with Crippen LogP contribution in [0.1, 0.15) is 6.92 Å². The van der Waals surface area contributed by atoms with Crippen molar-refractivity contribution in [2.45, 2.75) is 6.92 Å². The van der Waals surface area contributed by atoms with Crippen molar-refractivity contribution in [3.05, 3.63) is 0 Å². The van der Waals surface area contributed by atoms with Crippen LogP contribution in [0, 0.1) is 21.6 Å². The quantitative estimate of drug-likeness (QED) is 0.329. The molecule has 0 unspecified atom stereocenters. The fraction of sp³-hybridized carbons (Fsp3) is 0.500. The number of nitrogens with zero attached hydrogens (tertiary/aromatic N) is 1. The van der Waals surface area contributed by atoms with E-state index in [-0.39, 0.29) is 29.6 Å². The molecule has 0 spiro atoms. The molecule has 7 heteroatoms. The molecule has 0 aliphatic rings. The summed E-state index contributed by atoms with van der Waals surface area (Å²) in [6.45, 7) is 1.43. The van der Waals surface area contributed by atoms with Crippen LogP contribution in [0.25, 0.3) is 0 Å². The first-order valence-corrected chi connectivity index (χ1v) is 2.58. The molecule has 0 aliphatic heterocycles. The molecular weight excluding hydrogens is 160 g/mol. The molecule has 0 aromatic rings. The van der Waals surface area contributed by atoms with Crippen LogP contribution in [0.2, 0.25) is 0 Å². The van der Waals surface area contributed by atoms with E-state index in [1.54, 1.807) is 6.07 Å². The van der Waals surface area contributed by atoms with Crippen LogP contribution in [0.15, 0.2) is 0 Å². The second kappa shape index (κ2) is 8.62. The van der Waals surface area contributed by atoms with Gasteiger partial charge in [-0.3, -0.25) is 0 Å². The molecule has 0 atom stereocenters. The third-order valence-electron chi connectivity index (χ3n) is 0. The Morgan fingerprint density at radius 2 is 1.22 bits per heavy atom. The first kappa shape index (κ1) is 16.3. The molecule has 0 aromatic heterocycles. The van der Waals surface area contributed by atoms with Crippen LogP contribution in [0.3, 0.4) is 0 Å². The summed E-state index contributed by atoms with van der Waals surface area (Å²) in [6.07, 6.45) is 0. The zero-order valence-electron chi connectivity index (χ0n) is 4.96. The average molecular weight is 163 g/mol. The monoisotopic (exact) mass is 163 g/mol. The number of hydrogen-bond acceptors (Lipinski definition) is 5. The summed E-state index contributed by atoms with van der Waals surface area (Å²) < 4.78 is 34.0. The molecule has 0 bridgehead atoms. The van der Waals surface area contributed by atoms with Gasteiger partial charge in [0.1, 0.15) is 0 Å². The summed E-state index contributed by atoms with van der Waals surface area (Å²) in [4.78, 5) is 0. The van der Waals surface area contributed by atoms with Gasteiger partial charge in [0.2, 0.25) is 0 Å². The minimum atomic E-state index is -4.94. The Hall–Kier alpha value is 0.620. The van der Waals surface area contributed by atoms with E-state index in [4.69, 9.17) is 23.9 Å². The van der Waals surface area contributed by atoms with E-state index in [9.17, 15) is 0 Å². The van der Waals surface area contributed by atoms with Crippen molar-refractivity contribution in [1.82, 2.24) is 0 Å². The zero-order valence-corrected chi connectivity index (χ0v) is 7.71. The Kier molecular flexibility index (Phi) is 15.6. The average Bonchev–Trinajstić information content (AvgIpc) is 1.27. The van der Waals surface area contributed by atoms with Crippen LogP contribution in [0.5, 0.6) is 0 Å². The molecular formula is C2H3ClNNaO4. The fourth-order valence-electron chi connectivity index (χ4n) is 0. The summed E-state index contributed by atoms with van der Waals surface area (Å²) in [5.41, 5.74) is 0. The van der Waals surface area contributed by atoms with Crippen molar-refractivity contribution >= 4 is 0 Å². The van der Waals surface area contributed by atoms with Crippen molar-refractivity contribution in [3.63, 3.8) is 0 Å². The van der Waals surface area contributed by atoms with Crippen molar-refractivity contribution in [3.8, 4) is 6.07 Å². The summed E-state index contributed by atoms with van der Waals surface area (Å²) in [5.74, 6) is 0. The molecule has 0 heterocycles. The zero-order chi connectivity index (χ0) is 7.21. The van der Waals surface area contributed by atoms with E-state index < -0.39 is 10.2 Å². The van der Waals surface area contributed by atoms with E-state index in [0.717, 1.165) is 0 Å². The largest absolute Gasteiger partial charge is 1.00 e. The minimum Gasteiger partial charge on any atom is -0.222 e. The van der Waals surface area contributed by atoms with Crippen LogP contribution < -0.4 is 48.2 Å². The van der Waals surface area contributed by atoms with E-state index in [2.05, 4.69) is 0 Å². The Balaban J connectivity index is -0.0000000800. The summed E-state index contributed by atoms with van der Waals surface area (Å²) >= 11 is 0. The topological polar surface area (TPSA) is 116 Å². The van der Waals surface area contributed by atoms with Gasteiger partial charge in [0, 0.05) is 6.92 Å². The number of rotatable bonds is 0. The summed E-state index contributed by atoms with van der Waals surface area (Å²) in [5, 5.41) is 7.32. The normalized spacial score (nSPS) is 7.56. The molecule has 0 aliphatic carbocycles. The van der Waals surface area contributed by atoms with Gasteiger partial charge in [-0.15, -0.1) is 10.2 Å². The number of hydrogen-bond donors (Lipinski definition) is 0. The molecule has 0 saturated carbocycles. The van der Waals surface area contributed by atoms with Crippen molar-refractivity contribution in [2.75, 3.05) is 0 Å². The van der Waals surface area contributed by atoms with Gasteiger partial charge >= 0.3 is 29.6 Å². The predicted octanol–water partition coefficient (Wildman–Crippen LogP) is -7.22. The molecule has 0 saturated heterocycles. The van der Waals surface area contributed by atoms with Gasteiger partial charge < -0.3 is 0 Å². The molecule has 0 fully saturated rings. The van der Waals surface area contributed by atoms with Gasteiger partial charge in [0.05, 0.1) is 6.07 Å². The fourth-order valence-corrected chi connectivity index (χ4v) is 0. The smallest absolute Gasteiger partial charge is 0.222 e.